The van der Waals surface area contributed by atoms with E-state index in [4.69, 9.17) is 0 Å². The number of nitrogens with one attached hydrogen (secondary N) is 1. The molecule has 0 fully saturated rings. The summed E-state index contributed by atoms with van der Waals surface area (Å²) in [4.78, 5) is 10.1. The van der Waals surface area contributed by atoms with Crippen LogP contribution in [0.4, 0.5) is 11.4 Å². The molecule has 0 saturated heterocycles. The number of anilines is 1. The lowest BCUT2D eigenvalue weighted by atomic mass is 10.2. The third-order valence-corrected chi connectivity index (χ3v) is 2.88. The predicted octanol–water partition coefficient (Wildman–Crippen LogP) is 3.80. The number of non-ortho nitro benzene ring substituents is 1. The van der Waals surface area contributed by atoms with Crippen LogP contribution in [0.2, 0.25) is 0 Å². The first-order chi connectivity index (χ1) is 9.15. The molecule has 2 aromatic rings. The summed E-state index contributed by atoms with van der Waals surface area (Å²) in [5.74, 6) is 0. The Morgan fingerprint density at radius 1 is 1.11 bits per heavy atom. The van der Waals surface area contributed by atoms with E-state index in [0.29, 0.717) is 0 Å². The minimum absolute atomic E-state index is 0.0676. The van der Waals surface area contributed by atoms with Gasteiger partial charge in [-0.3, -0.25) is 15.5 Å². The highest BCUT2D eigenvalue weighted by Gasteiger charge is 2.02. The van der Waals surface area contributed by atoms with Crippen LogP contribution in [0.3, 0.4) is 0 Å². The zero-order valence-corrected chi connectivity index (χ0v) is 11.4. The van der Waals surface area contributed by atoms with Gasteiger partial charge in [0.1, 0.15) is 0 Å². The summed E-state index contributed by atoms with van der Waals surface area (Å²) < 4.78 is 0.998. The SMILES string of the molecule is O=[N+]([O-])c1ccc(/C=N/Nc2ccc(Br)cc2)cc1. The first kappa shape index (κ1) is 13.2. The van der Waals surface area contributed by atoms with E-state index in [2.05, 4.69) is 26.5 Å². The van der Waals surface area contributed by atoms with Crippen LogP contribution in [0.15, 0.2) is 58.1 Å². The van der Waals surface area contributed by atoms with Crippen molar-refractivity contribution in [2.45, 2.75) is 0 Å². The van der Waals surface area contributed by atoms with E-state index in [1.165, 1.54) is 12.1 Å². The van der Waals surface area contributed by atoms with Gasteiger partial charge in [-0.05, 0) is 42.0 Å². The summed E-state index contributed by atoms with van der Waals surface area (Å²) in [6.45, 7) is 0. The Bertz CT molecular complexity index is 594. The van der Waals surface area contributed by atoms with E-state index in [9.17, 15) is 10.1 Å². The average Bonchev–Trinajstić information content (AvgIpc) is 2.41. The van der Waals surface area contributed by atoms with Gasteiger partial charge in [-0.15, -0.1) is 0 Å². The zero-order chi connectivity index (χ0) is 13.7. The summed E-state index contributed by atoms with van der Waals surface area (Å²) in [7, 11) is 0. The smallest absolute Gasteiger partial charge is 0.269 e. The minimum atomic E-state index is -0.430. The molecule has 2 aromatic carbocycles. The Morgan fingerprint density at radius 3 is 2.32 bits per heavy atom. The Hall–Kier alpha value is -2.21. The lowest BCUT2D eigenvalue weighted by Gasteiger charge is -1.99. The number of nitro groups is 1. The summed E-state index contributed by atoms with van der Waals surface area (Å²) in [5.41, 5.74) is 4.59. The molecule has 0 unspecified atom stereocenters. The van der Waals surface area contributed by atoms with Crippen molar-refractivity contribution in [3.63, 3.8) is 0 Å². The molecule has 2 rings (SSSR count). The van der Waals surface area contributed by atoms with Crippen molar-refractivity contribution in [3.8, 4) is 0 Å². The first-order valence-electron chi connectivity index (χ1n) is 5.44. The van der Waals surface area contributed by atoms with Gasteiger partial charge < -0.3 is 0 Å². The van der Waals surface area contributed by atoms with Crippen LogP contribution in [0.5, 0.6) is 0 Å². The molecule has 0 saturated carbocycles. The highest BCUT2D eigenvalue weighted by Crippen LogP contribution is 2.14. The van der Waals surface area contributed by atoms with Crippen LogP contribution < -0.4 is 5.43 Å². The second-order valence-corrected chi connectivity index (χ2v) is 4.64. The molecule has 0 aliphatic carbocycles. The van der Waals surface area contributed by atoms with Crippen molar-refractivity contribution < 1.29 is 4.92 Å². The Balaban J connectivity index is 1.98. The van der Waals surface area contributed by atoms with Crippen LogP contribution in [0.25, 0.3) is 0 Å². The van der Waals surface area contributed by atoms with Gasteiger partial charge in [-0.25, -0.2) is 0 Å². The van der Waals surface area contributed by atoms with E-state index in [1.807, 2.05) is 24.3 Å². The van der Waals surface area contributed by atoms with Gasteiger partial charge in [0.2, 0.25) is 0 Å². The van der Waals surface area contributed by atoms with Crippen molar-refractivity contribution >= 4 is 33.5 Å². The lowest BCUT2D eigenvalue weighted by Crippen LogP contribution is -1.91. The normalized spacial score (nSPS) is 10.6. The summed E-state index contributed by atoms with van der Waals surface area (Å²) in [6.07, 6.45) is 1.60. The molecule has 0 bridgehead atoms. The van der Waals surface area contributed by atoms with Gasteiger partial charge in [0.15, 0.2) is 0 Å². The number of nitrogens with zero attached hydrogens (tertiary/aromatic N) is 2. The quantitative estimate of drug-likeness (QED) is 0.529. The van der Waals surface area contributed by atoms with Crippen molar-refractivity contribution in [3.05, 3.63) is 68.7 Å². The molecular weight excluding hydrogens is 310 g/mol. The van der Waals surface area contributed by atoms with Crippen molar-refractivity contribution in [1.82, 2.24) is 0 Å². The fraction of sp³-hybridized carbons (Fsp3) is 0. The van der Waals surface area contributed by atoms with E-state index in [1.54, 1.807) is 18.3 Å². The topological polar surface area (TPSA) is 67.5 Å². The molecule has 0 aliphatic heterocycles. The molecule has 0 radical (unpaired) electrons. The maximum absolute atomic E-state index is 10.5. The maximum Gasteiger partial charge on any atom is 0.269 e. The Kier molecular flexibility index (Phi) is 4.25. The molecule has 0 atom stereocenters. The first-order valence-corrected chi connectivity index (χ1v) is 6.23. The van der Waals surface area contributed by atoms with Crippen LogP contribution >= 0.6 is 15.9 Å². The number of nitro benzene ring substituents is 1. The molecule has 19 heavy (non-hydrogen) atoms. The summed E-state index contributed by atoms with van der Waals surface area (Å²) in [5, 5.41) is 14.6. The van der Waals surface area contributed by atoms with Gasteiger partial charge >= 0.3 is 0 Å². The average molecular weight is 320 g/mol. The van der Waals surface area contributed by atoms with Gasteiger partial charge in [0.25, 0.3) is 5.69 Å². The molecule has 0 heterocycles. The van der Waals surface area contributed by atoms with E-state index >= 15 is 0 Å². The fourth-order valence-electron chi connectivity index (χ4n) is 1.39. The maximum atomic E-state index is 10.5. The predicted molar refractivity (Wildman–Crippen MR) is 78.5 cm³/mol. The molecule has 6 heteroatoms. The summed E-state index contributed by atoms with van der Waals surface area (Å²) >= 11 is 3.35. The molecular formula is C13H10BrN3O2. The van der Waals surface area contributed by atoms with Crippen LogP contribution in [0, 0.1) is 10.1 Å². The highest BCUT2D eigenvalue weighted by molar-refractivity contribution is 9.10. The number of rotatable bonds is 4. The standard InChI is InChI=1S/C13H10BrN3O2/c14-11-3-5-12(6-4-11)16-15-9-10-1-7-13(8-2-10)17(18)19/h1-9,16H/b15-9+. The third kappa shape index (κ3) is 3.89. The summed E-state index contributed by atoms with van der Waals surface area (Å²) in [6, 6.07) is 13.8. The lowest BCUT2D eigenvalue weighted by molar-refractivity contribution is -0.384. The van der Waals surface area contributed by atoms with E-state index in [0.717, 1.165) is 15.7 Å². The highest BCUT2D eigenvalue weighted by atomic mass is 79.9. The van der Waals surface area contributed by atoms with Gasteiger partial charge in [-0.1, -0.05) is 15.9 Å². The van der Waals surface area contributed by atoms with Gasteiger partial charge in [0, 0.05) is 16.6 Å². The molecule has 0 amide bonds. The zero-order valence-electron chi connectivity index (χ0n) is 9.79. The monoisotopic (exact) mass is 319 g/mol. The Morgan fingerprint density at radius 2 is 1.74 bits per heavy atom. The molecule has 96 valence electrons. The second kappa shape index (κ2) is 6.10. The second-order valence-electron chi connectivity index (χ2n) is 3.73. The van der Waals surface area contributed by atoms with Crippen LogP contribution in [0.1, 0.15) is 5.56 Å². The number of hydrogen-bond donors (Lipinski definition) is 1. The number of halogens is 1. The minimum Gasteiger partial charge on any atom is -0.279 e. The number of benzene rings is 2. The third-order valence-electron chi connectivity index (χ3n) is 2.36. The number of hydrogen-bond acceptors (Lipinski definition) is 4. The molecule has 1 N–H and O–H groups in total. The van der Waals surface area contributed by atoms with Gasteiger partial charge in [-0.2, -0.15) is 5.10 Å². The number of hydrazone groups is 1. The van der Waals surface area contributed by atoms with E-state index in [-0.39, 0.29) is 5.69 Å². The van der Waals surface area contributed by atoms with Crippen molar-refractivity contribution in [2.24, 2.45) is 5.10 Å². The Labute approximate surface area is 118 Å². The van der Waals surface area contributed by atoms with Crippen molar-refractivity contribution in [2.75, 3.05) is 5.43 Å². The van der Waals surface area contributed by atoms with Crippen LogP contribution in [-0.4, -0.2) is 11.1 Å². The molecule has 0 aromatic heterocycles. The van der Waals surface area contributed by atoms with Gasteiger partial charge in [0.05, 0.1) is 16.8 Å². The van der Waals surface area contributed by atoms with E-state index < -0.39 is 4.92 Å². The molecule has 0 aliphatic rings. The molecule has 5 nitrogen and oxygen atoms in total. The fourth-order valence-corrected chi connectivity index (χ4v) is 1.65. The van der Waals surface area contributed by atoms with Crippen LogP contribution in [-0.2, 0) is 0 Å². The molecule has 0 spiro atoms. The largest absolute Gasteiger partial charge is 0.279 e. The van der Waals surface area contributed by atoms with Crippen molar-refractivity contribution in [1.29, 1.82) is 0 Å².